The van der Waals surface area contributed by atoms with E-state index < -0.39 is 0 Å². The molecule has 0 bridgehead atoms. The van der Waals surface area contributed by atoms with Crippen molar-refractivity contribution in [1.82, 2.24) is 5.16 Å². The van der Waals surface area contributed by atoms with Crippen LogP contribution in [0.3, 0.4) is 0 Å². The Morgan fingerprint density at radius 3 is 2.33 bits per heavy atom. The second-order valence-electron chi connectivity index (χ2n) is 5.70. The minimum atomic E-state index is -0.240. The lowest BCUT2D eigenvalue weighted by Gasteiger charge is -2.11. The first-order valence-electron chi connectivity index (χ1n) is 8.25. The SMILES string of the molecule is COc1ccc(-c2cc(CC(=O)Nc3cc(OC)ccc3OC)no2)cc1. The zero-order valence-electron chi connectivity index (χ0n) is 15.3. The van der Waals surface area contributed by atoms with Crippen LogP contribution in [0, 0.1) is 0 Å². The molecule has 0 fully saturated rings. The fourth-order valence-electron chi connectivity index (χ4n) is 2.56. The van der Waals surface area contributed by atoms with E-state index in [0.29, 0.717) is 28.6 Å². The van der Waals surface area contributed by atoms with E-state index >= 15 is 0 Å². The molecule has 0 spiro atoms. The molecule has 0 saturated heterocycles. The first-order valence-corrected chi connectivity index (χ1v) is 8.25. The fourth-order valence-corrected chi connectivity index (χ4v) is 2.56. The quantitative estimate of drug-likeness (QED) is 0.687. The molecule has 3 aromatic rings. The van der Waals surface area contributed by atoms with Crippen LogP contribution in [0.1, 0.15) is 5.69 Å². The first-order chi connectivity index (χ1) is 13.1. The molecule has 0 aliphatic carbocycles. The van der Waals surface area contributed by atoms with Crippen LogP contribution in [-0.4, -0.2) is 32.4 Å². The molecule has 0 radical (unpaired) electrons. The Morgan fingerprint density at radius 1 is 0.963 bits per heavy atom. The fraction of sp³-hybridized carbons (Fsp3) is 0.200. The van der Waals surface area contributed by atoms with Crippen LogP contribution >= 0.6 is 0 Å². The van der Waals surface area contributed by atoms with Crippen LogP contribution in [-0.2, 0) is 11.2 Å². The van der Waals surface area contributed by atoms with E-state index in [1.165, 1.54) is 7.11 Å². The first kappa shape index (κ1) is 18.3. The van der Waals surface area contributed by atoms with E-state index in [1.807, 2.05) is 24.3 Å². The van der Waals surface area contributed by atoms with Crippen molar-refractivity contribution < 1.29 is 23.5 Å². The van der Waals surface area contributed by atoms with Crippen LogP contribution in [0.4, 0.5) is 5.69 Å². The third kappa shape index (κ3) is 4.38. The number of nitrogens with zero attached hydrogens (tertiary/aromatic N) is 1. The van der Waals surface area contributed by atoms with Gasteiger partial charge < -0.3 is 24.1 Å². The van der Waals surface area contributed by atoms with E-state index in [9.17, 15) is 4.79 Å². The maximum Gasteiger partial charge on any atom is 0.230 e. The number of carbonyl (C=O) groups is 1. The van der Waals surface area contributed by atoms with Crippen molar-refractivity contribution in [3.63, 3.8) is 0 Å². The second-order valence-corrected chi connectivity index (χ2v) is 5.70. The van der Waals surface area contributed by atoms with E-state index in [1.54, 1.807) is 38.5 Å². The van der Waals surface area contributed by atoms with Gasteiger partial charge in [0, 0.05) is 17.7 Å². The van der Waals surface area contributed by atoms with Gasteiger partial charge in [0.15, 0.2) is 5.76 Å². The highest BCUT2D eigenvalue weighted by atomic mass is 16.5. The molecule has 3 rings (SSSR count). The number of nitrogens with one attached hydrogen (secondary N) is 1. The molecular formula is C20H20N2O5. The summed E-state index contributed by atoms with van der Waals surface area (Å²) < 4.78 is 20.9. The third-order valence-corrected chi connectivity index (χ3v) is 3.96. The number of amides is 1. The smallest absolute Gasteiger partial charge is 0.230 e. The lowest BCUT2D eigenvalue weighted by molar-refractivity contribution is -0.115. The Hall–Kier alpha value is -3.48. The van der Waals surface area contributed by atoms with Gasteiger partial charge in [0.25, 0.3) is 0 Å². The summed E-state index contributed by atoms with van der Waals surface area (Å²) in [6.45, 7) is 0. The van der Waals surface area contributed by atoms with Crippen LogP contribution in [0.2, 0.25) is 0 Å². The zero-order valence-corrected chi connectivity index (χ0v) is 15.3. The van der Waals surface area contributed by atoms with Crippen LogP contribution < -0.4 is 19.5 Å². The molecule has 1 N–H and O–H groups in total. The van der Waals surface area contributed by atoms with Gasteiger partial charge in [-0.15, -0.1) is 0 Å². The molecule has 140 valence electrons. The number of hydrogen-bond acceptors (Lipinski definition) is 6. The van der Waals surface area contributed by atoms with Crippen LogP contribution in [0.5, 0.6) is 17.2 Å². The normalized spacial score (nSPS) is 10.3. The minimum Gasteiger partial charge on any atom is -0.497 e. The van der Waals surface area contributed by atoms with Gasteiger partial charge >= 0.3 is 0 Å². The van der Waals surface area contributed by atoms with Crippen molar-refractivity contribution in [3.05, 3.63) is 54.2 Å². The Bertz CT molecular complexity index is 918. The topological polar surface area (TPSA) is 82.8 Å². The number of carbonyl (C=O) groups excluding carboxylic acids is 1. The third-order valence-electron chi connectivity index (χ3n) is 3.96. The Balaban J connectivity index is 1.69. The molecule has 0 unspecified atom stereocenters. The molecule has 0 atom stereocenters. The summed E-state index contributed by atoms with van der Waals surface area (Å²) in [6, 6.07) is 14.3. The van der Waals surface area contributed by atoms with Crippen LogP contribution in [0.15, 0.2) is 53.1 Å². The van der Waals surface area contributed by atoms with Gasteiger partial charge in [0.2, 0.25) is 5.91 Å². The summed E-state index contributed by atoms with van der Waals surface area (Å²) in [4.78, 5) is 12.4. The Morgan fingerprint density at radius 2 is 1.67 bits per heavy atom. The summed E-state index contributed by atoms with van der Waals surface area (Å²) in [6.07, 6.45) is 0.0695. The van der Waals surface area contributed by atoms with Crippen molar-refractivity contribution in [2.45, 2.75) is 6.42 Å². The van der Waals surface area contributed by atoms with Crippen molar-refractivity contribution in [2.24, 2.45) is 0 Å². The average molecular weight is 368 g/mol. The Kier molecular flexibility index (Phi) is 5.61. The van der Waals surface area contributed by atoms with Gasteiger partial charge in [-0.2, -0.15) is 0 Å². The van der Waals surface area contributed by atoms with Gasteiger partial charge in [-0.3, -0.25) is 4.79 Å². The molecule has 1 heterocycles. The van der Waals surface area contributed by atoms with Crippen molar-refractivity contribution in [2.75, 3.05) is 26.6 Å². The Labute approximate surface area is 156 Å². The summed E-state index contributed by atoms with van der Waals surface area (Å²) >= 11 is 0. The number of hydrogen-bond donors (Lipinski definition) is 1. The van der Waals surface area contributed by atoms with Crippen molar-refractivity contribution in [1.29, 1.82) is 0 Å². The molecule has 7 nitrogen and oxygen atoms in total. The molecule has 0 saturated carbocycles. The van der Waals surface area contributed by atoms with Crippen LogP contribution in [0.25, 0.3) is 11.3 Å². The monoisotopic (exact) mass is 368 g/mol. The molecule has 7 heteroatoms. The average Bonchev–Trinajstić information content (AvgIpc) is 3.16. The largest absolute Gasteiger partial charge is 0.497 e. The highest BCUT2D eigenvalue weighted by molar-refractivity contribution is 5.93. The van der Waals surface area contributed by atoms with Gasteiger partial charge in [-0.25, -0.2) is 0 Å². The predicted octanol–water partition coefficient (Wildman–Crippen LogP) is 3.55. The molecule has 1 amide bonds. The van der Waals surface area contributed by atoms with Gasteiger partial charge in [0.1, 0.15) is 17.2 Å². The zero-order chi connectivity index (χ0) is 19.2. The molecular weight excluding hydrogens is 348 g/mol. The number of ether oxygens (including phenoxy) is 3. The van der Waals surface area contributed by atoms with E-state index in [0.717, 1.165) is 11.3 Å². The number of benzene rings is 2. The highest BCUT2D eigenvalue weighted by Crippen LogP contribution is 2.29. The number of rotatable bonds is 7. The molecule has 27 heavy (non-hydrogen) atoms. The summed E-state index contributed by atoms with van der Waals surface area (Å²) in [7, 11) is 4.71. The number of methoxy groups -OCH3 is 3. The van der Waals surface area contributed by atoms with E-state index in [2.05, 4.69) is 10.5 Å². The second kappa shape index (κ2) is 8.27. The van der Waals surface area contributed by atoms with E-state index in [-0.39, 0.29) is 12.3 Å². The standard InChI is InChI=1S/C20H20N2O5/c1-24-15-6-4-13(5-7-15)19-10-14(22-27-19)11-20(23)21-17-12-16(25-2)8-9-18(17)26-3/h4-10,12H,11H2,1-3H3,(H,21,23). The predicted molar refractivity (Wildman–Crippen MR) is 100 cm³/mol. The summed E-state index contributed by atoms with van der Waals surface area (Å²) in [5.74, 6) is 2.26. The lowest BCUT2D eigenvalue weighted by Crippen LogP contribution is -2.15. The maximum absolute atomic E-state index is 12.4. The summed E-state index contributed by atoms with van der Waals surface area (Å²) in [5, 5.41) is 6.78. The summed E-state index contributed by atoms with van der Waals surface area (Å²) in [5.41, 5.74) is 1.91. The minimum absolute atomic E-state index is 0.0695. The van der Waals surface area contributed by atoms with Crippen molar-refractivity contribution >= 4 is 11.6 Å². The van der Waals surface area contributed by atoms with E-state index in [4.69, 9.17) is 18.7 Å². The number of aromatic nitrogens is 1. The van der Waals surface area contributed by atoms with Gasteiger partial charge in [-0.05, 0) is 36.4 Å². The molecule has 0 aliphatic rings. The maximum atomic E-state index is 12.4. The molecule has 1 aromatic heterocycles. The van der Waals surface area contributed by atoms with Crippen molar-refractivity contribution in [3.8, 4) is 28.6 Å². The lowest BCUT2D eigenvalue weighted by atomic mass is 10.1. The highest BCUT2D eigenvalue weighted by Gasteiger charge is 2.13. The molecule has 2 aromatic carbocycles. The van der Waals surface area contributed by atoms with Gasteiger partial charge in [-0.1, -0.05) is 5.16 Å². The number of anilines is 1. The van der Waals surface area contributed by atoms with Gasteiger partial charge in [0.05, 0.1) is 39.1 Å². The molecule has 0 aliphatic heterocycles.